The molecule has 0 bridgehead atoms. The normalized spacial score (nSPS) is 15.0. The van der Waals surface area contributed by atoms with Gasteiger partial charge < -0.3 is 19.5 Å². The highest BCUT2D eigenvalue weighted by Gasteiger charge is 2.38. The van der Waals surface area contributed by atoms with Crippen molar-refractivity contribution >= 4 is 11.7 Å². The van der Waals surface area contributed by atoms with Crippen molar-refractivity contribution in [1.29, 1.82) is 5.26 Å². The van der Waals surface area contributed by atoms with Gasteiger partial charge in [0.2, 0.25) is 5.88 Å². The molecule has 1 aromatic heterocycles. The monoisotopic (exact) mass is 407 g/mol. The molecule has 0 fully saturated rings. The van der Waals surface area contributed by atoms with Crippen LogP contribution in [0.1, 0.15) is 48.9 Å². The molecule has 3 rings (SSSR count). The molecule has 0 saturated carbocycles. The maximum Gasteiger partial charge on any atom is 0.336 e. The molecule has 2 aromatic rings. The number of hydrogen-bond acceptors (Lipinski definition) is 7. The van der Waals surface area contributed by atoms with Crippen LogP contribution in [0.3, 0.4) is 0 Å². The Kier molecular flexibility index (Phi) is 6.26. The van der Waals surface area contributed by atoms with E-state index in [4.69, 9.17) is 14.2 Å². The second kappa shape index (κ2) is 8.87. The van der Waals surface area contributed by atoms with Gasteiger partial charge in [-0.25, -0.2) is 9.78 Å². The van der Waals surface area contributed by atoms with Crippen LogP contribution in [0.15, 0.2) is 35.7 Å². The number of allylic oxidation sites excluding steroid dienone is 1. The summed E-state index contributed by atoms with van der Waals surface area (Å²) in [7, 11) is 1.54. The SMILES string of the molecule is CCOC(=O)C1=C(C)Nc2c(C)cnc(OCC)c2C1c1ccc(C#N)cc1OC. The highest BCUT2D eigenvalue weighted by Crippen LogP contribution is 2.49. The van der Waals surface area contributed by atoms with Crippen LogP contribution in [-0.2, 0) is 9.53 Å². The Morgan fingerprint density at radius 3 is 2.67 bits per heavy atom. The molecule has 0 saturated heterocycles. The van der Waals surface area contributed by atoms with Crippen LogP contribution in [-0.4, -0.2) is 31.3 Å². The third-order valence-electron chi connectivity index (χ3n) is 5.01. The molecule has 0 amide bonds. The number of aromatic nitrogens is 1. The lowest BCUT2D eigenvalue weighted by molar-refractivity contribution is -0.138. The molecule has 1 aromatic carbocycles. The average molecular weight is 407 g/mol. The number of esters is 1. The second-order valence-corrected chi connectivity index (χ2v) is 6.85. The summed E-state index contributed by atoms with van der Waals surface area (Å²) >= 11 is 0. The number of hydrogen-bond donors (Lipinski definition) is 1. The fraction of sp³-hybridized carbons (Fsp3) is 0.348. The summed E-state index contributed by atoms with van der Waals surface area (Å²) in [5.74, 6) is -0.00720. The van der Waals surface area contributed by atoms with Gasteiger partial charge in [0.05, 0.1) is 54.7 Å². The molecular formula is C23H25N3O4. The molecule has 156 valence electrons. The number of fused-ring (bicyclic) bond motifs is 1. The Bertz CT molecular complexity index is 1050. The van der Waals surface area contributed by atoms with Gasteiger partial charge in [0.1, 0.15) is 5.75 Å². The number of nitriles is 1. The zero-order chi connectivity index (χ0) is 21.8. The fourth-order valence-corrected chi connectivity index (χ4v) is 3.72. The van der Waals surface area contributed by atoms with Gasteiger partial charge in [0.25, 0.3) is 0 Å². The van der Waals surface area contributed by atoms with Gasteiger partial charge in [0.15, 0.2) is 0 Å². The Labute approximate surface area is 176 Å². The predicted molar refractivity (Wildman–Crippen MR) is 113 cm³/mol. The van der Waals surface area contributed by atoms with E-state index in [1.807, 2.05) is 26.8 Å². The number of nitrogens with one attached hydrogen (secondary N) is 1. The van der Waals surface area contributed by atoms with Crippen LogP contribution in [0, 0.1) is 18.3 Å². The molecule has 0 aliphatic carbocycles. The third kappa shape index (κ3) is 3.69. The molecule has 1 N–H and O–H groups in total. The van der Waals surface area contributed by atoms with E-state index in [1.54, 1.807) is 32.4 Å². The number of rotatable bonds is 6. The number of carbonyl (C=O) groups excluding carboxylic acids is 1. The number of methoxy groups -OCH3 is 1. The summed E-state index contributed by atoms with van der Waals surface area (Å²) in [6, 6.07) is 7.30. The van der Waals surface area contributed by atoms with Crippen molar-refractivity contribution in [1.82, 2.24) is 4.98 Å². The van der Waals surface area contributed by atoms with Crippen LogP contribution in [0.4, 0.5) is 5.69 Å². The van der Waals surface area contributed by atoms with Crippen LogP contribution in [0.5, 0.6) is 11.6 Å². The smallest absolute Gasteiger partial charge is 0.336 e. The summed E-state index contributed by atoms with van der Waals surface area (Å²) in [5, 5.41) is 12.6. The predicted octanol–water partition coefficient (Wildman–Crippen LogP) is 4.06. The molecule has 1 aliphatic heterocycles. The fourth-order valence-electron chi connectivity index (χ4n) is 3.72. The van der Waals surface area contributed by atoms with E-state index in [0.29, 0.717) is 35.1 Å². The standard InChI is InChI=1S/C23H25N3O4/c1-6-29-22-20-19(16-9-8-15(11-24)10-17(16)28-5)18(23(27)30-7-2)14(4)26-21(20)13(3)12-25-22/h8-10,12,19,26H,6-7H2,1-5H3. The van der Waals surface area contributed by atoms with Crippen LogP contribution >= 0.6 is 0 Å². The molecule has 1 unspecified atom stereocenters. The van der Waals surface area contributed by atoms with Crippen molar-refractivity contribution in [3.8, 4) is 17.7 Å². The summed E-state index contributed by atoms with van der Waals surface area (Å²) in [4.78, 5) is 17.5. The van der Waals surface area contributed by atoms with Gasteiger partial charge in [-0.3, -0.25) is 0 Å². The van der Waals surface area contributed by atoms with E-state index in [2.05, 4.69) is 16.4 Å². The number of carbonyl (C=O) groups is 1. The summed E-state index contributed by atoms with van der Waals surface area (Å²) in [6.45, 7) is 8.13. The van der Waals surface area contributed by atoms with Gasteiger partial charge in [-0.05, 0) is 45.4 Å². The zero-order valence-corrected chi connectivity index (χ0v) is 17.8. The first-order chi connectivity index (χ1) is 14.5. The zero-order valence-electron chi connectivity index (χ0n) is 17.8. The first-order valence-corrected chi connectivity index (χ1v) is 9.81. The lowest BCUT2D eigenvalue weighted by atomic mass is 9.79. The molecule has 1 atom stereocenters. The summed E-state index contributed by atoms with van der Waals surface area (Å²) in [6.07, 6.45) is 1.74. The maximum absolute atomic E-state index is 13.0. The van der Waals surface area contributed by atoms with E-state index in [9.17, 15) is 10.1 Å². The summed E-state index contributed by atoms with van der Waals surface area (Å²) < 4.78 is 16.8. The second-order valence-electron chi connectivity index (χ2n) is 6.85. The number of aryl methyl sites for hydroxylation is 1. The lowest BCUT2D eigenvalue weighted by Gasteiger charge is -2.32. The van der Waals surface area contributed by atoms with Crippen LogP contribution in [0.2, 0.25) is 0 Å². The van der Waals surface area contributed by atoms with E-state index < -0.39 is 11.9 Å². The quantitative estimate of drug-likeness (QED) is 0.722. The molecule has 2 heterocycles. The highest BCUT2D eigenvalue weighted by atomic mass is 16.5. The van der Waals surface area contributed by atoms with Crippen molar-refractivity contribution in [3.63, 3.8) is 0 Å². The van der Waals surface area contributed by atoms with Crippen molar-refractivity contribution in [3.05, 3.63) is 57.9 Å². The molecular weight excluding hydrogens is 382 g/mol. The minimum Gasteiger partial charge on any atom is -0.496 e. The van der Waals surface area contributed by atoms with Crippen molar-refractivity contribution < 1.29 is 19.0 Å². The molecule has 7 nitrogen and oxygen atoms in total. The van der Waals surface area contributed by atoms with E-state index in [1.165, 1.54) is 0 Å². The van der Waals surface area contributed by atoms with Gasteiger partial charge in [-0.15, -0.1) is 0 Å². The lowest BCUT2D eigenvalue weighted by Crippen LogP contribution is -2.26. The first kappa shape index (κ1) is 21.2. The van der Waals surface area contributed by atoms with Crippen molar-refractivity contribution in [2.45, 2.75) is 33.6 Å². The minimum atomic E-state index is -0.531. The van der Waals surface area contributed by atoms with Gasteiger partial charge in [0, 0.05) is 17.5 Å². The van der Waals surface area contributed by atoms with Crippen molar-refractivity contribution in [2.75, 3.05) is 25.6 Å². The Morgan fingerprint density at radius 2 is 2.03 bits per heavy atom. The van der Waals surface area contributed by atoms with Crippen LogP contribution < -0.4 is 14.8 Å². The molecule has 7 heteroatoms. The maximum atomic E-state index is 13.0. The largest absolute Gasteiger partial charge is 0.496 e. The Balaban J connectivity index is 2.35. The number of anilines is 1. The summed E-state index contributed by atoms with van der Waals surface area (Å²) in [5.41, 5.74) is 4.86. The molecule has 0 radical (unpaired) electrons. The van der Waals surface area contributed by atoms with Gasteiger partial charge >= 0.3 is 5.97 Å². The van der Waals surface area contributed by atoms with Gasteiger partial charge in [-0.2, -0.15) is 5.26 Å². The van der Waals surface area contributed by atoms with E-state index in [-0.39, 0.29) is 6.61 Å². The number of pyridine rings is 1. The van der Waals surface area contributed by atoms with E-state index >= 15 is 0 Å². The molecule has 0 spiro atoms. The Hall–Kier alpha value is -3.53. The topological polar surface area (TPSA) is 93.5 Å². The van der Waals surface area contributed by atoms with Gasteiger partial charge in [-0.1, -0.05) is 6.07 Å². The van der Waals surface area contributed by atoms with E-state index in [0.717, 1.165) is 22.4 Å². The number of nitrogens with zero attached hydrogens (tertiary/aromatic N) is 2. The Morgan fingerprint density at radius 1 is 1.27 bits per heavy atom. The van der Waals surface area contributed by atoms with Crippen LogP contribution in [0.25, 0.3) is 0 Å². The van der Waals surface area contributed by atoms with Crippen molar-refractivity contribution in [2.24, 2.45) is 0 Å². The molecule has 30 heavy (non-hydrogen) atoms. The highest BCUT2D eigenvalue weighted by molar-refractivity contribution is 5.95. The molecule has 1 aliphatic rings. The minimum absolute atomic E-state index is 0.254. The first-order valence-electron chi connectivity index (χ1n) is 9.81. The number of ether oxygens (including phenoxy) is 3. The third-order valence-corrected chi connectivity index (χ3v) is 5.01. The average Bonchev–Trinajstić information content (AvgIpc) is 2.74. The number of benzene rings is 1.